The molecule has 0 aliphatic carbocycles. The molecule has 6 heteroatoms. The van der Waals surface area contributed by atoms with Crippen LogP contribution in [0.1, 0.15) is 48.2 Å². The van der Waals surface area contributed by atoms with Crippen molar-refractivity contribution in [3.63, 3.8) is 0 Å². The Morgan fingerprint density at radius 3 is 2.89 bits per heavy atom. The molecule has 102 valence electrons. The Balaban J connectivity index is 2.23. The lowest BCUT2D eigenvalue weighted by Crippen LogP contribution is -2.12. The Hall–Kier alpha value is -0.980. The van der Waals surface area contributed by atoms with E-state index in [4.69, 9.17) is 15.2 Å². The quantitative estimate of drug-likeness (QED) is 0.579. The number of nitrogens with zero attached hydrogens (tertiary/aromatic N) is 1. The molecule has 0 aliphatic heterocycles. The highest BCUT2D eigenvalue weighted by Crippen LogP contribution is 2.16. The number of hydrogen-bond donors (Lipinski definition) is 1. The minimum absolute atomic E-state index is 0.158. The molecular weight excluding hydrogens is 252 g/mol. The molecule has 18 heavy (non-hydrogen) atoms. The first-order valence-electron chi connectivity index (χ1n) is 6.11. The molecule has 0 radical (unpaired) electrons. The Morgan fingerprint density at radius 1 is 1.50 bits per heavy atom. The predicted molar refractivity (Wildman–Crippen MR) is 70.7 cm³/mol. The van der Waals surface area contributed by atoms with Gasteiger partial charge in [0, 0.05) is 12.0 Å². The molecule has 0 saturated heterocycles. The van der Waals surface area contributed by atoms with E-state index in [0.29, 0.717) is 18.9 Å². The van der Waals surface area contributed by atoms with Gasteiger partial charge in [0.1, 0.15) is 11.6 Å². The number of esters is 1. The first kappa shape index (κ1) is 15.1. The van der Waals surface area contributed by atoms with Gasteiger partial charge in [0.05, 0.1) is 12.6 Å². The summed E-state index contributed by atoms with van der Waals surface area (Å²) in [4.78, 5) is 15.7. The molecule has 1 aromatic rings. The number of carbonyl (C=O) groups excluding carboxylic acids is 1. The number of rotatable bonds is 8. The Morgan fingerprint density at radius 2 is 2.28 bits per heavy atom. The zero-order valence-corrected chi connectivity index (χ0v) is 11.7. The van der Waals surface area contributed by atoms with Gasteiger partial charge in [-0.05, 0) is 13.3 Å². The highest BCUT2D eigenvalue weighted by Gasteiger charge is 2.13. The molecule has 2 N–H and O–H groups in total. The van der Waals surface area contributed by atoms with Gasteiger partial charge in [-0.15, -0.1) is 11.3 Å². The fourth-order valence-electron chi connectivity index (χ4n) is 1.21. The van der Waals surface area contributed by atoms with Gasteiger partial charge in [-0.2, -0.15) is 0 Å². The maximum atomic E-state index is 11.6. The average Bonchev–Trinajstić information content (AvgIpc) is 2.83. The van der Waals surface area contributed by atoms with E-state index < -0.39 is 5.97 Å². The Labute approximate surface area is 111 Å². The van der Waals surface area contributed by atoms with E-state index in [1.807, 2.05) is 6.92 Å². The maximum absolute atomic E-state index is 11.6. The van der Waals surface area contributed by atoms with E-state index in [1.165, 1.54) is 11.3 Å². The van der Waals surface area contributed by atoms with Crippen molar-refractivity contribution < 1.29 is 14.3 Å². The monoisotopic (exact) mass is 272 g/mol. The number of carbonyl (C=O) groups is 1. The van der Waals surface area contributed by atoms with Crippen molar-refractivity contribution in [2.75, 3.05) is 19.8 Å². The van der Waals surface area contributed by atoms with Crippen LogP contribution >= 0.6 is 11.3 Å². The van der Waals surface area contributed by atoms with Crippen molar-refractivity contribution in [3.05, 3.63) is 16.1 Å². The topological polar surface area (TPSA) is 74.4 Å². The summed E-state index contributed by atoms with van der Waals surface area (Å²) in [5.74, 6) is -0.419. The number of nitrogens with two attached hydrogens (primary N) is 1. The van der Waals surface area contributed by atoms with E-state index in [2.05, 4.69) is 11.9 Å². The van der Waals surface area contributed by atoms with Crippen molar-refractivity contribution in [2.24, 2.45) is 5.73 Å². The third-order valence-corrected chi connectivity index (χ3v) is 3.27. The van der Waals surface area contributed by atoms with Crippen LogP contribution in [0.15, 0.2) is 5.38 Å². The van der Waals surface area contributed by atoms with Gasteiger partial charge in [0.2, 0.25) is 0 Å². The molecule has 1 heterocycles. The van der Waals surface area contributed by atoms with Crippen LogP contribution in [-0.4, -0.2) is 30.8 Å². The van der Waals surface area contributed by atoms with Crippen LogP contribution in [0.5, 0.6) is 0 Å². The van der Waals surface area contributed by atoms with Gasteiger partial charge in [0.25, 0.3) is 0 Å². The zero-order valence-electron chi connectivity index (χ0n) is 10.8. The fraction of sp³-hybridized carbons (Fsp3) is 0.667. The summed E-state index contributed by atoms with van der Waals surface area (Å²) < 4.78 is 10.3. The third-order valence-electron chi connectivity index (χ3n) is 2.22. The van der Waals surface area contributed by atoms with Crippen LogP contribution in [0, 0.1) is 0 Å². The molecule has 1 aromatic heterocycles. The van der Waals surface area contributed by atoms with Crippen molar-refractivity contribution in [1.29, 1.82) is 0 Å². The van der Waals surface area contributed by atoms with Crippen LogP contribution < -0.4 is 5.73 Å². The number of hydrogen-bond acceptors (Lipinski definition) is 6. The summed E-state index contributed by atoms with van der Waals surface area (Å²) in [5, 5.41) is 2.40. The summed E-state index contributed by atoms with van der Waals surface area (Å²) in [6.07, 6.45) is 2.12. The summed E-state index contributed by atoms with van der Waals surface area (Å²) in [7, 11) is 0. The summed E-state index contributed by atoms with van der Waals surface area (Å²) in [5.41, 5.74) is 5.99. The number of unbranched alkanes of at least 4 members (excludes halogenated alkanes) is 1. The molecule has 0 fully saturated rings. The number of ether oxygens (including phenoxy) is 2. The Kier molecular flexibility index (Phi) is 6.85. The van der Waals surface area contributed by atoms with Gasteiger partial charge in [-0.25, -0.2) is 9.78 Å². The van der Waals surface area contributed by atoms with Crippen molar-refractivity contribution in [3.8, 4) is 0 Å². The van der Waals surface area contributed by atoms with Crippen LogP contribution in [0.2, 0.25) is 0 Å². The number of aromatic nitrogens is 1. The first-order chi connectivity index (χ1) is 8.65. The molecule has 0 saturated carbocycles. The minimum Gasteiger partial charge on any atom is -0.458 e. The first-order valence-corrected chi connectivity index (χ1v) is 6.99. The SMILES string of the molecule is CCCCOCCOC(=O)c1csc(C(C)N)n1. The molecule has 5 nitrogen and oxygen atoms in total. The third kappa shape index (κ3) is 5.12. The van der Waals surface area contributed by atoms with Crippen LogP contribution in [0.4, 0.5) is 0 Å². The van der Waals surface area contributed by atoms with E-state index in [9.17, 15) is 4.79 Å². The molecule has 1 unspecified atom stereocenters. The molecule has 0 amide bonds. The van der Waals surface area contributed by atoms with Gasteiger partial charge >= 0.3 is 5.97 Å². The van der Waals surface area contributed by atoms with Crippen LogP contribution in [-0.2, 0) is 9.47 Å². The maximum Gasteiger partial charge on any atom is 0.357 e. The van der Waals surface area contributed by atoms with E-state index in [1.54, 1.807) is 5.38 Å². The summed E-state index contributed by atoms with van der Waals surface area (Å²) >= 11 is 1.37. The van der Waals surface area contributed by atoms with E-state index >= 15 is 0 Å². The van der Waals surface area contributed by atoms with Gasteiger partial charge < -0.3 is 15.2 Å². The van der Waals surface area contributed by atoms with E-state index in [0.717, 1.165) is 17.8 Å². The normalized spacial score (nSPS) is 12.4. The predicted octanol–water partition coefficient (Wildman–Crippen LogP) is 2.14. The lowest BCUT2D eigenvalue weighted by atomic mass is 10.4. The molecule has 1 atom stereocenters. The Bertz CT molecular complexity index is 366. The highest BCUT2D eigenvalue weighted by atomic mass is 32.1. The molecule has 1 rings (SSSR count). The standard InChI is InChI=1S/C12H20N2O3S/c1-3-4-5-16-6-7-17-12(15)10-8-18-11(14-10)9(2)13/h8-9H,3-7,13H2,1-2H3. The summed E-state index contributed by atoms with van der Waals surface area (Å²) in [6.45, 7) is 5.32. The number of thiazole rings is 1. The largest absolute Gasteiger partial charge is 0.458 e. The molecule has 0 aromatic carbocycles. The molecule has 0 aliphatic rings. The van der Waals surface area contributed by atoms with Crippen molar-refractivity contribution >= 4 is 17.3 Å². The average molecular weight is 272 g/mol. The second kappa shape index (κ2) is 8.18. The lowest BCUT2D eigenvalue weighted by molar-refractivity contribution is 0.0308. The van der Waals surface area contributed by atoms with Crippen LogP contribution in [0.25, 0.3) is 0 Å². The zero-order chi connectivity index (χ0) is 13.4. The molecular formula is C12H20N2O3S. The van der Waals surface area contributed by atoms with E-state index in [-0.39, 0.29) is 12.6 Å². The summed E-state index contributed by atoms with van der Waals surface area (Å²) in [6, 6.07) is -0.158. The smallest absolute Gasteiger partial charge is 0.357 e. The fourth-order valence-corrected chi connectivity index (χ4v) is 1.95. The van der Waals surface area contributed by atoms with Gasteiger partial charge in [-0.3, -0.25) is 0 Å². The molecule has 0 bridgehead atoms. The van der Waals surface area contributed by atoms with Crippen LogP contribution in [0.3, 0.4) is 0 Å². The lowest BCUT2D eigenvalue weighted by Gasteiger charge is -2.04. The minimum atomic E-state index is -0.419. The van der Waals surface area contributed by atoms with Crippen molar-refractivity contribution in [1.82, 2.24) is 4.98 Å². The second-order valence-electron chi connectivity index (χ2n) is 3.96. The second-order valence-corrected chi connectivity index (χ2v) is 4.85. The van der Waals surface area contributed by atoms with Gasteiger partial charge in [0.15, 0.2) is 5.69 Å². The van der Waals surface area contributed by atoms with Crippen molar-refractivity contribution in [2.45, 2.75) is 32.7 Å². The highest BCUT2D eigenvalue weighted by molar-refractivity contribution is 7.09. The molecule has 0 spiro atoms. The van der Waals surface area contributed by atoms with Gasteiger partial charge in [-0.1, -0.05) is 13.3 Å².